The summed E-state index contributed by atoms with van der Waals surface area (Å²) in [7, 11) is 0. The Hall–Kier alpha value is -1.77. The molecule has 17 heavy (non-hydrogen) atoms. The van der Waals surface area contributed by atoms with Crippen molar-refractivity contribution >= 4 is 5.97 Å². The highest BCUT2D eigenvalue weighted by molar-refractivity contribution is 5.81. The van der Waals surface area contributed by atoms with E-state index in [0.29, 0.717) is 6.61 Å². The third kappa shape index (κ3) is 3.09. The van der Waals surface area contributed by atoms with Gasteiger partial charge in [0.2, 0.25) is 0 Å². The zero-order valence-electron chi connectivity index (χ0n) is 9.89. The molecular formula is C14H16O3. The number of benzene rings is 1. The van der Waals surface area contributed by atoms with Gasteiger partial charge in [-0.15, -0.1) is 0 Å². The summed E-state index contributed by atoms with van der Waals surface area (Å²) in [5.41, 5.74) is 1.23. The first-order valence-corrected chi connectivity index (χ1v) is 5.89. The van der Waals surface area contributed by atoms with Crippen LogP contribution >= 0.6 is 0 Å². The van der Waals surface area contributed by atoms with Crippen molar-refractivity contribution < 1.29 is 14.3 Å². The molecule has 0 spiro atoms. The predicted octanol–water partition coefficient (Wildman–Crippen LogP) is 2.50. The van der Waals surface area contributed by atoms with Gasteiger partial charge in [0.25, 0.3) is 0 Å². The minimum Gasteiger partial charge on any atom is -0.486 e. The largest absolute Gasteiger partial charge is 0.486 e. The van der Waals surface area contributed by atoms with E-state index >= 15 is 0 Å². The number of rotatable bonds is 3. The van der Waals surface area contributed by atoms with Crippen molar-refractivity contribution in [3.63, 3.8) is 0 Å². The van der Waals surface area contributed by atoms with Crippen molar-refractivity contribution in [2.75, 3.05) is 6.61 Å². The van der Waals surface area contributed by atoms with E-state index in [2.05, 4.69) is 6.07 Å². The van der Waals surface area contributed by atoms with Gasteiger partial charge in [0, 0.05) is 6.08 Å². The molecule has 3 heteroatoms. The molecule has 0 aliphatic carbocycles. The number of para-hydroxylation sites is 1. The lowest BCUT2D eigenvalue weighted by Gasteiger charge is -2.23. The third-order valence-corrected chi connectivity index (χ3v) is 2.68. The maximum Gasteiger partial charge on any atom is 0.330 e. The van der Waals surface area contributed by atoms with Crippen molar-refractivity contribution in [2.24, 2.45) is 0 Å². The quantitative estimate of drug-likeness (QED) is 0.593. The Kier molecular flexibility index (Phi) is 3.81. The first kappa shape index (κ1) is 11.7. The smallest absolute Gasteiger partial charge is 0.330 e. The summed E-state index contributed by atoms with van der Waals surface area (Å²) in [5.74, 6) is 0.604. The van der Waals surface area contributed by atoms with Crippen molar-refractivity contribution in [1.82, 2.24) is 0 Å². The normalized spacial score (nSPS) is 18.5. The van der Waals surface area contributed by atoms with Crippen LogP contribution in [0.15, 0.2) is 36.4 Å². The van der Waals surface area contributed by atoms with E-state index in [1.165, 1.54) is 11.6 Å². The molecule has 1 heterocycles. The van der Waals surface area contributed by atoms with Gasteiger partial charge in [0.05, 0.1) is 6.61 Å². The zero-order valence-corrected chi connectivity index (χ0v) is 9.89. The monoisotopic (exact) mass is 232 g/mol. The highest BCUT2D eigenvalue weighted by atomic mass is 16.5. The van der Waals surface area contributed by atoms with E-state index in [4.69, 9.17) is 9.47 Å². The fraction of sp³-hybridized carbons (Fsp3) is 0.357. The van der Waals surface area contributed by atoms with E-state index < -0.39 is 0 Å². The fourth-order valence-electron chi connectivity index (χ4n) is 1.86. The van der Waals surface area contributed by atoms with Crippen LogP contribution in [0.2, 0.25) is 0 Å². The van der Waals surface area contributed by atoms with Gasteiger partial charge in [-0.25, -0.2) is 4.79 Å². The standard InChI is InChI=1S/C14H16O3/c1-2-16-14(15)10-9-12-8-7-11-5-3-4-6-13(11)17-12/h3-6,9-10,12H,2,7-8H2,1H3/b10-9+. The average Bonchev–Trinajstić information content (AvgIpc) is 2.36. The molecule has 3 nitrogen and oxygen atoms in total. The van der Waals surface area contributed by atoms with Crippen LogP contribution in [-0.2, 0) is 16.0 Å². The van der Waals surface area contributed by atoms with Crippen LogP contribution in [0.25, 0.3) is 0 Å². The molecular weight excluding hydrogens is 216 g/mol. The Labute approximate surface area is 101 Å². The van der Waals surface area contributed by atoms with Gasteiger partial charge in [-0.3, -0.25) is 0 Å². The van der Waals surface area contributed by atoms with Gasteiger partial charge >= 0.3 is 5.97 Å². The van der Waals surface area contributed by atoms with Crippen molar-refractivity contribution in [3.05, 3.63) is 42.0 Å². The van der Waals surface area contributed by atoms with Crippen LogP contribution < -0.4 is 4.74 Å². The second-order valence-corrected chi connectivity index (χ2v) is 3.91. The topological polar surface area (TPSA) is 35.5 Å². The van der Waals surface area contributed by atoms with Gasteiger partial charge in [0.1, 0.15) is 11.9 Å². The van der Waals surface area contributed by atoms with E-state index in [1.54, 1.807) is 13.0 Å². The van der Waals surface area contributed by atoms with Crippen LogP contribution in [0.4, 0.5) is 0 Å². The number of esters is 1. The molecule has 0 saturated heterocycles. The number of aryl methyl sites for hydroxylation is 1. The lowest BCUT2D eigenvalue weighted by Crippen LogP contribution is -2.20. The summed E-state index contributed by atoms with van der Waals surface area (Å²) < 4.78 is 10.6. The average molecular weight is 232 g/mol. The maximum absolute atomic E-state index is 11.2. The predicted molar refractivity (Wildman–Crippen MR) is 65.0 cm³/mol. The SMILES string of the molecule is CCOC(=O)/C=C/C1CCc2ccccc2O1. The number of hydrogen-bond donors (Lipinski definition) is 0. The summed E-state index contributed by atoms with van der Waals surface area (Å²) in [6.45, 7) is 2.19. The summed E-state index contributed by atoms with van der Waals surface area (Å²) in [6, 6.07) is 7.99. The molecule has 1 aliphatic rings. The van der Waals surface area contributed by atoms with Gasteiger partial charge in [0.15, 0.2) is 0 Å². The molecule has 1 aromatic carbocycles. The van der Waals surface area contributed by atoms with E-state index in [9.17, 15) is 4.79 Å². The van der Waals surface area contributed by atoms with Crippen molar-refractivity contribution in [2.45, 2.75) is 25.9 Å². The molecule has 0 saturated carbocycles. The van der Waals surface area contributed by atoms with Crippen LogP contribution in [0, 0.1) is 0 Å². The molecule has 0 amide bonds. The van der Waals surface area contributed by atoms with Crippen LogP contribution in [0.1, 0.15) is 18.9 Å². The number of carbonyl (C=O) groups is 1. The molecule has 1 aliphatic heterocycles. The minimum absolute atomic E-state index is 0.0330. The molecule has 0 fully saturated rings. The number of fused-ring (bicyclic) bond motifs is 1. The molecule has 0 aromatic heterocycles. The molecule has 1 atom stereocenters. The van der Waals surface area contributed by atoms with Gasteiger partial charge in [-0.05, 0) is 37.5 Å². The molecule has 0 N–H and O–H groups in total. The Bertz CT molecular complexity index is 423. The molecule has 1 unspecified atom stereocenters. The number of ether oxygens (including phenoxy) is 2. The lowest BCUT2D eigenvalue weighted by molar-refractivity contribution is -0.137. The first-order chi connectivity index (χ1) is 8.29. The second kappa shape index (κ2) is 5.53. The molecule has 0 radical (unpaired) electrons. The number of hydrogen-bond acceptors (Lipinski definition) is 3. The van der Waals surface area contributed by atoms with Crippen molar-refractivity contribution in [1.29, 1.82) is 0 Å². The highest BCUT2D eigenvalue weighted by Gasteiger charge is 2.16. The van der Waals surface area contributed by atoms with Crippen LogP contribution in [0.5, 0.6) is 5.75 Å². The summed E-state index contributed by atoms with van der Waals surface area (Å²) >= 11 is 0. The Balaban J connectivity index is 1.96. The fourth-order valence-corrected chi connectivity index (χ4v) is 1.86. The van der Waals surface area contributed by atoms with E-state index in [0.717, 1.165) is 18.6 Å². The van der Waals surface area contributed by atoms with Crippen molar-refractivity contribution in [3.8, 4) is 5.75 Å². The second-order valence-electron chi connectivity index (χ2n) is 3.91. The molecule has 2 rings (SSSR count). The van der Waals surface area contributed by atoms with Gasteiger partial charge < -0.3 is 9.47 Å². The minimum atomic E-state index is -0.310. The number of carbonyl (C=O) groups excluding carboxylic acids is 1. The van der Waals surface area contributed by atoms with Gasteiger partial charge in [-0.2, -0.15) is 0 Å². The third-order valence-electron chi connectivity index (χ3n) is 2.68. The van der Waals surface area contributed by atoms with Crippen LogP contribution in [0.3, 0.4) is 0 Å². The van der Waals surface area contributed by atoms with Gasteiger partial charge in [-0.1, -0.05) is 18.2 Å². The first-order valence-electron chi connectivity index (χ1n) is 5.89. The maximum atomic E-state index is 11.2. The molecule has 1 aromatic rings. The summed E-state index contributed by atoms with van der Waals surface area (Å²) in [6.07, 6.45) is 5.06. The van der Waals surface area contributed by atoms with E-state index in [-0.39, 0.29) is 12.1 Å². The van der Waals surface area contributed by atoms with Crippen LogP contribution in [-0.4, -0.2) is 18.7 Å². The lowest BCUT2D eigenvalue weighted by atomic mass is 10.0. The Morgan fingerprint density at radius 1 is 1.53 bits per heavy atom. The zero-order chi connectivity index (χ0) is 12.1. The summed E-state index contributed by atoms with van der Waals surface area (Å²) in [5, 5.41) is 0. The summed E-state index contributed by atoms with van der Waals surface area (Å²) in [4.78, 5) is 11.2. The molecule has 90 valence electrons. The van der Waals surface area contributed by atoms with E-state index in [1.807, 2.05) is 18.2 Å². The Morgan fingerprint density at radius 2 is 2.35 bits per heavy atom. The molecule has 0 bridgehead atoms. The Morgan fingerprint density at radius 3 is 3.18 bits per heavy atom. The highest BCUT2D eigenvalue weighted by Crippen LogP contribution is 2.27.